The Labute approximate surface area is 141 Å². The van der Waals surface area contributed by atoms with Crippen molar-refractivity contribution < 1.29 is 19.1 Å². The van der Waals surface area contributed by atoms with Gasteiger partial charge in [0, 0.05) is 16.9 Å². The molecule has 1 aromatic heterocycles. The topological polar surface area (TPSA) is 92.4 Å². The van der Waals surface area contributed by atoms with Crippen molar-refractivity contribution in [3.05, 3.63) is 65.1 Å². The van der Waals surface area contributed by atoms with Gasteiger partial charge in [-0.05, 0) is 42.5 Å². The third-order valence-corrected chi connectivity index (χ3v) is 3.48. The first-order valence-corrected chi connectivity index (χ1v) is 7.26. The van der Waals surface area contributed by atoms with Crippen LogP contribution in [0.4, 0.5) is 5.69 Å². The van der Waals surface area contributed by atoms with Gasteiger partial charge in [-0.15, -0.1) is 0 Å². The molecule has 6 nitrogen and oxygen atoms in total. The molecule has 120 valence electrons. The molecule has 0 saturated heterocycles. The fourth-order valence-corrected chi connectivity index (χ4v) is 2.21. The number of fused-ring (bicyclic) bond motifs is 1. The minimum absolute atomic E-state index is 0.164. The summed E-state index contributed by atoms with van der Waals surface area (Å²) in [5.41, 5.74) is 2.09. The number of oxazole rings is 1. The van der Waals surface area contributed by atoms with Gasteiger partial charge >= 0.3 is 5.97 Å². The molecule has 0 aliphatic carbocycles. The number of carboxylic acid groups (broad SMARTS) is 1. The highest BCUT2D eigenvalue weighted by atomic mass is 35.5. The van der Waals surface area contributed by atoms with Gasteiger partial charge in [0.05, 0.1) is 11.1 Å². The summed E-state index contributed by atoms with van der Waals surface area (Å²) in [6.07, 6.45) is 2.06. The van der Waals surface area contributed by atoms with E-state index in [1.54, 1.807) is 30.3 Å². The molecule has 1 heterocycles. The standard InChI is InChI=1S/C17H11ClN2O4/c18-12-3-6-15-14(7-12)20-16(24-15)11(9-21)8-19-13-4-1-10(2-5-13)17(22)23/h1-9,19H,(H,22,23)/b11-8+. The second-order valence-corrected chi connectivity index (χ2v) is 5.31. The molecule has 0 spiro atoms. The van der Waals surface area contributed by atoms with Crippen molar-refractivity contribution in [3.8, 4) is 0 Å². The Morgan fingerprint density at radius 2 is 1.96 bits per heavy atom. The molecule has 3 rings (SSSR count). The van der Waals surface area contributed by atoms with Crippen LogP contribution in [-0.2, 0) is 4.79 Å². The summed E-state index contributed by atoms with van der Waals surface area (Å²) in [5.74, 6) is -0.840. The van der Waals surface area contributed by atoms with Crippen molar-refractivity contribution >= 4 is 46.2 Å². The van der Waals surface area contributed by atoms with Crippen LogP contribution in [0.15, 0.2) is 53.1 Å². The van der Waals surface area contributed by atoms with E-state index in [4.69, 9.17) is 21.1 Å². The SMILES string of the molecule is O=C/C(=C\Nc1ccc(C(=O)O)cc1)c1nc2cc(Cl)ccc2o1. The van der Waals surface area contributed by atoms with Gasteiger partial charge in [0.25, 0.3) is 0 Å². The van der Waals surface area contributed by atoms with Crippen LogP contribution < -0.4 is 5.32 Å². The number of allylic oxidation sites excluding steroid dienone is 1. The van der Waals surface area contributed by atoms with Gasteiger partial charge in [-0.2, -0.15) is 0 Å². The van der Waals surface area contributed by atoms with E-state index in [2.05, 4.69) is 10.3 Å². The maximum Gasteiger partial charge on any atom is 0.335 e. The third-order valence-electron chi connectivity index (χ3n) is 3.25. The molecule has 0 aliphatic heterocycles. The van der Waals surface area contributed by atoms with Crippen LogP contribution in [0.25, 0.3) is 16.7 Å². The Bertz CT molecular complexity index is 945. The first-order chi connectivity index (χ1) is 11.6. The van der Waals surface area contributed by atoms with E-state index in [1.807, 2.05) is 0 Å². The van der Waals surface area contributed by atoms with Crippen molar-refractivity contribution in [3.63, 3.8) is 0 Å². The van der Waals surface area contributed by atoms with Gasteiger partial charge in [-0.3, -0.25) is 4.79 Å². The van der Waals surface area contributed by atoms with E-state index in [0.29, 0.717) is 28.1 Å². The number of carbonyl (C=O) groups excluding carboxylic acids is 1. The maximum atomic E-state index is 11.3. The van der Waals surface area contributed by atoms with Crippen molar-refractivity contribution in [1.29, 1.82) is 0 Å². The number of hydrogen-bond acceptors (Lipinski definition) is 5. The Kier molecular flexibility index (Phi) is 4.31. The van der Waals surface area contributed by atoms with Crippen molar-refractivity contribution in [2.75, 3.05) is 5.32 Å². The van der Waals surface area contributed by atoms with Crippen LogP contribution in [0.3, 0.4) is 0 Å². The van der Waals surface area contributed by atoms with Gasteiger partial charge in [-0.25, -0.2) is 9.78 Å². The number of aldehydes is 1. The minimum Gasteiger partial charge on any atom is -0.478 e. The monoisotopic (exact) mass is 342 g/mol. The summed E-state index contributed by atoms with van der Waals surface area (Å²) in [7, 11) is 0. The van der Waals surface area contributed by atoms with Crippen LogP contribution in [0.2, 0.25) is 5.02 Å². The predicted octanol–water partition coefficient (Wildman–Crippen LogP) is 3.83. The predicted molar refractivity (Wildman–Crippen MR) is 90.1 cm³/mol. The lowest BCUT2D eigenvalue weighted by Crippen LogP contribution is -1.97. The zero-order valence-corrected chi connectivity index (χ0v) is 12.9. The molecule has 7 heteroatoms. The number of aromatic carboxylic acids is 1. The van der Waals surface area contributed by atoms with E-state index in [1.165, 1.54) is 18.3 Å². The molecule has 2 N–H and O–H groups in total. The average Bonchev–Trinajstić information content (AvgIpc) is 2.98. The summed E-state index contributed by atoms with van der Waals surface area (Å²) in [5, 5.41) is 12.3. The quantitative estimate of drug-likeness (QED) is 0.540. The minimum atomic E-state index is -1.00. The summed E-state index contributed by atoms with van der Waals surface area (Å²) < 4.78 is 5.53. The number of benzene rings is 2. The number of aromatic nitrogens is 1. The van der Waals surface area contributed by atoms with Gasteiger partial charge in [0.2, 0.25) is 5.89 Å². The highest BCUT2D eigenvalue weighted by Gasteiger charge is 2.11. The molecule has 0 unspecified atom stereocenters. The molecule has 0 atom stereocenters. The molecule has 2 aromatic carbocycles. The lowest BCUT2D eigenvalue weighted by Gasteiger charge is -2.02. The maximum absolute atomic E-state index is 11.3. The second-order valence-electron chi connectivity index (χ2n) is 4.88. The zero-order valence-electron chi connectivity index (χ0n) is 12.2. The number of halogens is 1. The summed E-state index contributed by atoms with van der Waals surface area (Å²) in [6.45, 7) is 0. The molecule has 0 fully saturated rings. The van der Waals surface area contributed by atoms with Crippen LogP contribution >= 0.6 is 11.6 Å². The van der Waals surface area contributed by atoms with Crippen molar-refractivity contribution in [1.82, 2.24) is 4.98 Å². The Hall–Kier alpha value is -3.12. The van der Waals surface area contributed by atoms with E-state index in [-0.39, 0.29) is 17.0 Å². The number of carbonyl (C=O) groups is 2. The molecular weight excluding hydrogens is 332 g/mol. The number of nitrogens with zero attached hydrogens (tertiary/aromatic N) is 1. The van der Waals surface area contributed by atoms with Crippen LogP contribution in [0.1, 0.15) is 16.2 Å². The number of hydrogen-bond donors (Lipinski definition) is 2. The van der Waals surface area contributed by atoms with E-state index >= 15 is 0 Å². The molecular formula is C17H11ClN2O4. The smallest absolute Gasteiger partial charge is 0.335 e. The van der Waals surface area contributed by atoms with Gasteiger partial charge in [0.15, 0.2) is 11.9 Å². The van der Waals surface area contributed by atoms with E-state index in [0.717, 1.165) is 0 Å². The number of rotatable bonds is 5. The van der Waals surface area contributed by atoms with Crippen LogP contribution in [-0.4, -0.2) is 22.3 Å². The van der Waals surface area contributed by atoms with Gasteiger partial charge in [-0.1, -0.05) is 11.6 Å². The normalized spacial score (nSPS) is 11.5. The summed E-state index contributed by atoms with van der Waals surface area (Å²) >= 11 is 5.90. The first kappa shape index (κ1) is 15.8. The number of anilines is 1. The van der Waals surface area contributed by atoms with E-state index in [9.17, 15) is 9.59 Å². The average molecular weight is 343 g/mol. The lowest BCUT2D eigenvalue weighted by molar-refractivity contribution is -0.103. The molecule has 0 radical (unpaired) electrons. The fourth-order valence-electron chi connectivity index (χ4n) is 2.04. The Balaban J connectivity index is 1.85. The zero-order chi connectivity index (χ0) is 17.1. The second kappa shape index (κ2) is 6.55. The summed E-state index contributed by atoms with van der Waals surface area (Å²) in [4.78, 5) is 26.3. The van der Waals surface area contributed by atoms with Crippen LogP contribution in [0.5, 0.6) is 0 Å². The molecule has 0 amide bonds. The number of carboxylic acids is 1. The molecule has 24 heavy (non-hydrogen) atoms. The fraction of sp³-hybridized carbons (Fsp3) is 0. The molecule has 0 bridgehead atoms. The van der Waals surface area contributed by atoms with Crippen molar-refractivity contribution in [2.24, 2.45) is 0 Å². The van der Waals surface area contributed by atoms with Crippen molar-refractivity contribution in [2.45, 2.75) is 0 Å². The van der Waals surface area contributed by atoms with E-state index < -0.39 is 5.97 Å². The molecule has 3 aromatic rings. The third kappa shape index (κ3) is 3.28. The van der Waals surface area contributed by atoms with Gasteiger partial charge < -0.3 is 14.8 Å². The lowest BCUT2D eigenvalue weighted by atomic mass is 10.2. The largest absolute Gasteiger partial charge is 0.478 e. The van der Waals surface area contributed by atoms with Crippen LogP contribution in [0, 0.1) is 0 Å². The Morgan fingerprint density at radius 1 is 1.21 bits per heavy atom. The highest BCUT2D eigenvalue weighted by molar-refractivity contribution is 6.31. The Morgan fingerprint density at radius 3 is 2.62 bits per heavy atom. The highest BCUT2D eigenvalue weighted by Crippen LogP contribution is 2.23. The molecule has 0 saturated carbocycles. The summed E-state index contributed by atoms with van der Waals surface area (Å²) in [6, 6.07) is 11.1. The number of nitrogens with one attached hydrogen (secondary N) is 1. The first-order valence-electron chi connectivity index (χ1n) is 6.88. The van der Waals surface area contributed by atoms with Gasteiger partial charge in [0.1, 0.15) is 5.52 Å². The molecule has 0 aliphatic rings.